The predicted molar refractivity (Wildman–Crippen MR) is 73.0 cm³/mol. The van der Waals surface area contributed by atoms with Crippen molar-refractivity contribution in [1.29, 1.82) is 0 Å². The fourth-order valence-corrected chi connectivity index (χ4v) is 2.08. The van der Waals surface area contributed by atoms with Crippen LogP contribution in [0, 0.1) is 0 Å². The molecule has 0 radical (unpaired) electrons. The standard InChI is InChI=1S/C13H20N4O/c1-2-7-15-13(18)16-11-6-5-8-14-12(11)17-9-3-4-10-17/h5-6,8H,2-4,7,9-10H2,1H3,(H2,15,16,18). The summed E-state index contributed by atoms with van der Waals surface area (Å²) in [4.78, 5) is 18.3. The maximum Gasteiger partial charge on any atom is 0.319 e. The summed E-state index contributed by atoms with van der Waals surface area (Å²) in [6, 6.07) is 3.58. The summed E-state index contributed by atoms with van der Waals surface area (Å²) in [5.41, 5.74) is 0.785. The Morgan fingerprint density at radius 3 is 2.94 bits per heavy atom. The molecule has 1 aliphatic heterocycles. The van der Waals surface area contributed by atoms with Crippen LogP contribution in [0.1, 0.15) is 26.2 Å². The van der Waals surface area contributed by atoms with Crippen LogP contribution in [0.25, 0.3) is 0 Å². The zero-order valence-corrected chi connectivity index (χ0v) is 10.8. The summed E-state index contributed by atoms with van der Waals surface area (Å²) in [5, 5.41) is 5.67. The summed E-state index contributed by atoms with van der Waals surface area (Å²) in [6.07, 6.45) is 5.08. The van der Waals surface area contributed by atoms with Crippen LogP contribution >= 0.6 is 0 Å². The van der Waals surface area contributed by atoms with Crippen molar-refractivity contribution in [2.24, 2.45) is 0 Å². The SMILES string of the molecule is CCCNC(=O)Nc1cccnc1N1CCCC1. The second-order valence-corrected chi connectivity index (χ2v) is 4.45. The van der Waals surface area contributed by atoms with Gasteiger partial charge in [0.25, 0.3) is 0 Å². The molecule has 1 aromatic heterocycles. The van der Waals surface area contributed by atoms with Crippen molar-refractivity contribution in [2.45, 2.75) is 26.2 Å². The lowest BCUT2D eigenvalue weighted by molar-refractivity contribution is 0.252. The first-order chi connectivity index (χ1) is 8.81. The Balaban J connectivity index is 2.05. The molecule has 0 saturated carbocycles. The van der Waals surface area contributed by atoms with Crippen molar-refractivity contribution in [3.8, 4) is 0 Å². The van der Waals surface area contributed by atoms with Crippen LogP contribution in [0.2, 0.25) is 0 Å². The first kappa shape index (κ1) is 12.7. The minimum absolute atomic E-state index is 0.162. The zero-order valence-electron chi connectivity index (χ0n) is 10.8. The van der Waals surface area contributed by atoms with Crippen LogP contribution in [0.3, 0.4) is 0 Å². The molecule has 5 heteroatoms. The van der Waals surface area contributed by atoms with Gasteiger partial charge in [0.05, 0.1) is 5.69 Å². The lowest BCUT2D eigenvalue weighted by Gasteiger charge is -2.20. The monoisotopic (exact) mass is 248 g/mol. The van der Waals surface area contributed by atoms with E-state index in [2.05, 4.69) is 20.5 Å². The van der Waals surface area contributed by atoms with Crippen molar-refractivity contribution in [3.05, 3.63) is 18.3 Å². The summed E-state index contributed by atoms with van der Waals surface area (Å²) < 4.78 is 0. The zero-order chi connectivity index (χ0) is 12.8. The molecule has 0 spiro atoms. The third-order valence-corrected chi connectivity index (χ3v) is 2.98. The van der Waals surface area contributed by atoms with Crippen LogP contribution in [-0.2, 0) is 0 Å². The number of anilines is 2. The Kier molecular flexibility index (Phi) is 4.39. The molecule has 0 atom stereocenters. The molecular weight excluding hydrogens is 228 g/mol. The molecule has 1 saturated heterocycles. The molecule has 5 nitrogen and oxygen atoms in total. The van der Waals surface area contributed by atoms with Crippen LogP contribution in [0.15, 0.2) is 18.3 Å². The number of amides is 2. The van der Waals surface area contributed by atoms with Crippen LogP contribution in [0.5, 0.6) is 0 Å². The molecule has 0 aliphatic carbocycles. The molecule has 0 bridgehead atoms. The fraction of sp³-hybridized carbons (Fsp3) is 0.538. The summed E-state index contributed by atoms with van der Waals surface area (Å²) in [6.45, 7) is 4.75. The van der Waals surface area contributed by atoms with E-state index in [1.54, 1.807) is 6.20 Å². The van der Waals surface area contributed by atoms with Gasteiger partial charge in [0.2, 0.25) is 0 Å². The maximum atomic E-state index is 11.7. The van der Waals surface area contributed by atoms with E-state index < -0.39 is 0 Å². The average Bonchev–Trinajstić information content (AvgIpc) is 2.91. The van der Waals surface area contributed by atoms with Gasteiger partial charge in [-0.05, 0) is 31.4 Å². The number of aromatic nitrogens is 1. The van der Waals surface area contributed by atoms with E-state index in [0.29, 0.717) is 6.54 Å². The van der Waals surface area contributed by atoms with E-state index in [9.17, 15) is 4.79 Å². The molecule has 98 valence electrons. The van der Waals surface area contributed by atoms with E-state index >= 15 is 0 Å². The Bertz CT molecular complexity index is 402. The number of hydrogen-bond donors (Lipinski definition) is 2. The quantitative estimate of drug-likeness (QED) is 0.859. The van der Waals surface area contributed by atoms with Gasteiger partial charge in [-0.2, -0.15) is 0 Å². The summed E-state index contributed by atoms with van der Waals surface area (Å²) in [5.74, 6) is 0.877. The second-order valence-electron chi connectivity index (χ2n) is 4.45. The largest absolute Gasteiger partial charge is 0.355 e. The number of nitrogens with one attached hydrogen (secondary N) is 2. The molecule has 1 aliphatic rings. The van der Waals surface area contributed by atoms with Crippen LogP contribution < -0.4 is 15.5 Å². The summed E-state index contributed by atoms with van der Waals surface area (Å²) >= 11 is 0. The number of nitrogens with zero attached hydrogens (tertiary/aromatic N) is 2. The van der Waals surface area contributed by atoms with Gasteiger partial charge in [-0.3, -0.25) is 0 Å². The highest BCUT2D eigenvalue weighted by atomic mass is 16.2. The first-order valence-corrected chi connectivity index (χ1v) is 6.56. The van der Waals surface area contributed by atoms with Gasteiger partial charge < -0.3 is 15.5 Å². The molecule has 2 rings (SSSR count). The van der Waals surface area contributed by atoms with Crippen molar-refractivity contribution in [3.63, 3.8) is 0 Å². The van der Waals surface area contributed by atoms with Crippen molar-refractivity contribution in [2.75, 3.05) is 29.9 Å². The highest BCUT2D eigenvalue weighted by Crippen LogP contribution is 2.25. The molecular formula is C13H20N4O. The van der Waals surface area contributed by atoms with Gasteiger partial charge in [-0.15, -0.1) is 0 Å². The average molecular weight is 248 g/mol. The first-order valence-electron chi connectivity index (χ1n) is 6.56. The van der Waals surface area contributed by atoms with Gasteiger partial charge in [-0.1, -0.05) is 6.92 Å². The van der Waals surface area contributed by atoms with E-state index in [4.69, 9.17) is 0 Å². The number of hydrogen-bond acceptors (Lipinski definition) is 3. The number of pyridine rings is 1. The Hall–Kier alpha value is -1.78. The highest BCUT2D eigenvalue weighted by Gasteiger charge is 2.17. The Morgan fingerprint density at radius 1 is 1.44 bits per heavy atom. The highest BCUT2D eigenvalue weighted by molar-refractivity contribution is 5.92. The lowest BCUT2D eigenvalue weighted by Crippen LogP contribution is -2.30. The second kappa shape index (κ2) is 6.23. The molecule has 0 unspecified atom stereocenters. The molecule has 18 heavy (non-hydrogen) atoms. The van der Waals surface area contributed by atoms with E-state index in [1.165, 1.54) is 12.8 Å². The number of carbonyl (C=O) groups excluding carboxylic acids is 1. The van der Waals surface area contributed by atoms with Crippen molar-refractivity contribution >= 4 is 17.5 Å². The van der Waals surface area contributed by atoms with Crippen molar-refractivity contribution < 1.29 is 4.79 Å². The normalized spacial score (nSPS) is 14.6. The van der Waals surface area contributed by atoms with E-state index in [-0.39, 0.29) is 6.03 Å². The molecule has 0 aromatic carbocycles. The number of rotatable bonds is 4. The molecule has 2 N–H and O–H groups in total. The van der Waals surface area contributed by atoms with Gasteiger partial charge in [-0.25, -0.2) is 9.78 Å². The molecule has 1 fully saturated rings. The van der Waals surface area contributed by atoms with Crippen LogP contribution in [0.4, 0.5) is 16.3 Å². The fourth-order valence-electron chi connectivity index (χ4n) is 2.08. The smallest absolute Gasteiger partial charge is 0.319 e. The van der Waals surface area contributed by atoms with Gasteiger partial charge >= 0.3 is 6.03 Å². The Labute approximate surface area is 108 Å². The topological polar surface area (TPSA) is 57.3 Å². The Morgan fingerprint density at radius 2 is 2.22 bits per heavy atom. The molecule has 2 amide bonds. The number of carbonyl (C=O) groups is 1. The minimum Gasteiger partial charge on any atom is -0.355 e. The van der Waals surface area contributed by atoms with Gasteiger partial charge in [0.15, 0.2) is 5.82 Å². The van der Waals surface area contributed by atoms with E-state index in [1.807, 2.05) is 19.1 Å². The third kappa shape index (κ3) is 3.12. The number of urea groups is 1. The summed E-state index contributed by atoms with van der Waals surface area (Å²) in [7, 11) is 0. The van der Waals surface area contributed by atoms with Gasteiger partial charge in [0, 0.05) is 25.8 Å². The molecule has 2 heterocycles. The maximum absolute atomic E-state index is 11.7. The van der Waals surface area contributed by atoms with E-state index in [0.717, 1.165) is 31.0 Å². The lowest BCUT2D eigenvalue weighted by atomic mass is 10.3. The van der Waals surface area contributed by atoms with Gasteiger partial charge in [0.1, 0.15) is 0 Å². The minimum atomic E-state index is -0.162. The predicted octanol–water partition coefficient (Wildman–Crippen LogP) is 2.21. The van der Waals surface area contributed by atoms with Crippen LogP contribution in [-0.4, -0.2) is 30.6 Å². The molecule has 1 aromatic rings. The van der Waals surface area contributed by atoms with Crippen molar-refractivity contribution in [1.82, 2.24) is 10.3 Å². The third-order valence-electron chi connectivity index (χ3n) is 2.98.